The molecule has 2 saturated heterocycles. The summed E-state index contributed by atoms with van der Waals surface area (Å²) in [7, 11) is -3.73. The third-order valence-electron chi connectivity index (χ3n) is 4.13. The van der Waals surface area contributed by atoms with Gasteiger partial charge in [-0.1, -0.05) is 30.3 Å². The van der Waals surface area contributed by atoms with E-state index in [0.717, 1.165) is 5.69 Å². The monoisotopic (exact) mass is 335 g/mol. The van der Waals surface area contributed by atoms with Gasteiger partial charge in [0.2, 0.25) is 0 Å². The summed E-state index contributed by atoms with van der Waals surface area (Å²) in [4.78, 5) is 5.84. The Morgan fingerprint density at radius 3 is 2.43 bits per heavy atom. The van der Waals surface area contributed by atoms with Crippen LogP contribution in [0.15, 0.2) is 54.6 Å². The molecular formula is C16H14FNO4S. The normalized spacial score (nSPS) is 28.7. The number of halogens is 1. The minimum absolute atomic E-state index is 0.00592. The molecule has 0 N–H and O–H groups in total. The Balaban J connectivity index is 1.82. The predicted octanol–water partition coefficient (Wildman–Crippen LogP) is 2.42. The molecule has 0 unspecified atom stereocenters. The first-order valence-corrected chi connectivity index (χ1v) is 8.68. The van der Waals surface area contributed by atoms with E-state index in [-0.39, 0.29) is 12.4 Å². The average molecular weight is 335 g/mol. The minimum Gasteiger partial charge on any atom is -0.267 e. The minimum atomic E-state index is -3.73. The first kappa shape index (κ1) is 14.6. The molecule has 0 saturated carbocycles. The molecule has 5 nitrogen and oxygen atoms in total. The van der Waals surface area contributed by atoms with E-state index in [2.05, 4.69) is 0 Å². The van der Waals surface area contributed by atoms with Crippen LogP contribution >= 0.6 is 0 Å². The zero-order chi connectivity index (χ0) is 16.0. The second-order valence-corrected chi connectivity index (χ2v) is 7.31. The fraction of sp³-hybridized carbons (Fsp3) is 0.250. The van der Waals surface area contributed by atoms with Gasteiger partial charge in [-0.2, -0.15) is 8.42 Å². The van der Waals surface area contributed by atoms with Crippen molar-refractivity contribution in [1.29, 1.82) is 0 Å². The van der Waals surface area contributed by atoms with E-state index < -0.39 is 27.5 Å². The summed E-state index contributed by atoms with van der Waals surface area (Å²) in [6, 6.07) is 14.4. The van der Waals surface area contributed by atoms with Gasteiger partial charge in [-0.3, -0.25) is 9.02 Å². The van der Waals surface area contributed by atoms with Gasteiger partial charge >= 0.3 is 0 Å². The number of hydrogen-bond acceptors (Lipinski definition) is 5. The maximum absolute atomic E-state index is 13.2. The lowest BCUT2D eigenvalue weighted by atomic mass is 10.0. The maximum Gasteiger partial charge on any atom is 0.275 e. The molecule has 0 radical (unpaired) electrons. The lowest BCUT2D eigenvalue weighted by Crippen LogP contribution is -2.31. The molecule has 0 spiro atoms. The Morgan fingerprint density at radius 1 is 1.04 bits per heavy atom. The van der Waals surface area contributed by atoms with Gasteiger partial charge in [0.15, 0.2) is 0 Å². The fourth-order valence-electron chi connectivity index (χ4n) is 3.10. The molecule has 0 aliphatic carbocycles. The Bertz CT molecular complexity index is 810. The number of nitrogens with zero attached hydrogens (tertiary/aromatic N) is 1. The van der Waals surface area contributed by atoms with Crippen LogP contribution in [0.25, 0.3) is 0 Å². The molecule has 120 valence electrons. The third-order valence-corrected chi connectivity index (χ3v) is 5.82. The van der Waals surface area contributed by atoms with E-state index >= 15 is 0 Å². The maximum atomic E-state index is 13.2. The Morgan fingerprint density at radius 2 is 1.74 bits per heavy atom. The number of anilines is 1. The zero-order valence-corrected chi connectivity index (χ0v) is 12.8. The number of rotatable bonds is 2. The molecule has 3 atom stereocenters. The standard InChI is InChI=1S/C16H14FNO4S/c17-12-8-6-11(7-9-12)15-16-14(10-21-23(16,19)20)22-18(15)13-4-2-1-3-5-13/h1-9,14-16H,10H2/t14-,15+,16+/m1/s1. The van der Waals surface area contributed by atoms with Crippen molar-refractivity contribution in [1.82, 2.24) is 0 Å². The highest BCUT2D eigenvalue weighted by molar-refractivity contribution is 7.87. The van der Waals surface area contributed by atoms with Crippen LogP contribution in [-0.2, 0) is 19.1 Å². The van der Waals surface area contributed by atoms with E-state index in [4.69, 9.17) is 9.02 Å². The lowest BCUT2D eigenvalue weighted by Gasteiger charge is -2.27. The van der Waals surface area contributed by atoms with Crippen LogP contribution in [0.4, 0.5) is 10.1 Å². The molecule has 0 bridgehead atoms. The molecule has 0 aromatic heterocycles. The fourth-order valence-corrected chi connectivity index (χ4v) is 4.66. The predicted molar refractivity (Wildman–Crippen MR) is 81.6 cm³/mol. The number of hydroxylamine groups is 1. The molecule has 2 aliphatic rings. The summed E-state index contributed by atoms with van der Waals surface area (Å²) >= 11 is 0. The van der Waals surface area contributed by atoms with E-state index in [9.17, 15) is 12.8 Å². The van der Waals surface area contributed by atoms with Gasteiger partial charge in [-0.15, -0.1) is 0 Å². The van der Waals surface area contributed by atoms with Gasteiger partial charge in [-0.25, -0.2) is 9.45 Å². The first-order chi connectivity index (χ1) is 11.1. The van der Waals surface area contributed by atoms with Crippen molar-refractivity contribution in [3.05, 3.63) is 66.0 Å². The van der Waals surface area contributed by atoms with Crippen LogP contribution in [-0.4, -0.2) is 26.4 Å². The molecule has 2 fully saturated rings. The highest BCUT2D eigenvalue weighted by Crippen LogP contribution is 2.44. The highest BCUT2D eigenvalue weighted by atomic mass is 32.2. The Hall–Kier alpha value is -1.96. The molecule has 7 heteroatoms. The van der Waals surface area contributed by atoms with Crippen molar-refractivity contribution < 1.29 is 21.8 Å². The van der Waals surface area contributed by atoms with E-state index in [1.54, 1.807) is 17.2 Å². The first-order valence-electron chi connectivity index (χ1n) is 7.21. The summed E-state index contributed by atoms with van der Waals surface area (Å²) in [6.45, 7) is -0.00592. The van der Waals surface area contributed by atoms with Gasteiger partial charge in [0.05, 0.1) is 12.3 Å². The smallest absolute Gasteiger partial charge is 0.267 e. The summed E-state index contributed by atoms with van der Waals surface area (Å²) in [5.41, 5.74) is 1.41. The van der Waals surface area contributed by atoms with Gasteiger partial charge < -0.3 is 0 Å². The molecule has 23 heavy (non-hydrogen) atoms. The summed E-state index contributed by atoms with van der Waals surface area (Å²) in [5, 5.41) is 0.746. The van der Waals surface area contributed by atoms with Crippen molar-refractivity contribution in [2.45, 2.75) is 17.4 Å². The van der Waals surface area contributed by atoms with Crippen LogP contribution in [0.2, 0.25) is 0 Å². The second kappa shape index (κ2) is 5.30. The molecule has 2 heterocycles. The van der Waals surface area contributed by atoms with Crippen LogP contribution < -0.4 is 5.06 Å². The van der Waals surface area contributed by atoms with E-state index in [0.29, 0.717) is 5.56 Å². The van der Waals surface area contributed by atoms with Crippen molar-refractivity contribution in [2.24, 2.45) is 0 Å². The molecule has 4 rings (SSSR count). The SMILES string of the molecule is O=S1(=O)OC[C@H]2ON(c3ccccc3)[C@@H](c3ccc(F)cc3)[C@H]21. The highest BCUT2D eigenvalue weighted by Gasteiger charge is 2.56. The van der Waals surface area contributed by atoms with Crippen LogP contribution in [0.5, 0.6) is 0 Å². The molecule has 2 aliphatic heterocycles. The van der Waals surface area contributed by atoms with Crippen molar-refractivity contribution in [3.63, 3.8) is 0 Å². The summed E-state index contributed by atoms with van der Waals surface area (Å²) in [5.74, 6) is -0.374. The topological polar surface area (TPSA) is 55.8 Å². The number of fused-ring (bicyclic) bond motifs is 1. The van der Waals surface area contributed by atoms with Crippen molar-refractivity contribution in [2.75, 3.05) is 11.7 Å². The number of hydrogen-bond donors (Lipinski definition) is 0. The largest absolute Gasteiger partial charge is 0.275 e. The van der Waals surface area contributed by atoms with Crippen molar-refractivity contribution >= 4 is 15.8 Å². The third kappa shape index (κ3) is 2.41. The lowest BCUT2D eigenvalue weighted by molar-refractivity contribution is 0.0640. The molecule has 0 amide bonds. The van der Waals surface area contributed by atoms with Crippen molar-refractivity contribution in [3.8, 4) is 0 Å². The number of para-hydroxylation sites is 1. The molecule has 2 aromatic rings. The van der Waals surface area contributed by atoms with E-state index in [1.165, 1.54) is 12.1 Å². The van der Waals surface area contributed by atoms with Crippen LogP contribution in [0.1, 0.15) is 11.6 Å². The quantitative estimate of drug-likeness (QED) is 0.789. The molecule has 2 aromatic carbocycles. The van der Waals surface area contributed by atoms with Crippen LogP contribution in [0.3, 0.4) is 0 Å². The Kier molecular flexibility index (Phi) is 3.37. The zero-order valence-electron chi connectivity index (χ0n) is 12.0. The van der Waals surface area contributed by atoms with Gasteiger partial charge in [0.25, 0.3) is 10.1 Å². The Labute approximate surface area is 133 Å². The van der Waals surface area contributed by atoms with E-state index in [1.807, 2.05) is 30.3 Å². The second-order valence-electron chi connectivity index (χ2n) is 5.54. The molecular weight excluding hydrogens is 321 g/mol. The van der Waals surface area contributed by atoms with Gasteiger partial charge in [0, 0.05) is 0 Å². The van der Waals surface area contributed by atoms with Gasteiger partial charge in [-0.05, 0) is 29.8 Å². The summed E-state index contributed by atoms with van der Waals surface area (Å²) < 4.78 is 42.7. The number of benzene rings is 2. The van der Waals surface area contributed by atoms with Gasteiger partial charge in [0.1, 0.15) is 23.2 Å². The van der Waals surface area contributed by atoms with Crippen LogP contribution in [0, 0.1) is 5.82 Å². The summed E-state index contributed by atoms with van der Waals surface area (Å²) in [6.07, 6.45) is -0.574. The average Bonchev–Trinajstić information content (AvgIpc) is 3.07.